The number of carbonyl (C=O) groups is 2. The summed E-state index contributed by atoms with van der Waals surface area (Å²) in [6, 6.07) is 13.1. The number of aromatic nitrogens is 2. The molecule has 0 unspecified atom stereocenters. The fourth-order valence-corrected chi connectivity index (χ4v) is 3.98. The first-order valence-electron chi connectivity index (χ1n) is 8.92. The van der Waals surface area contributed by atoms with Gasteiger partial charge in [0.2, 0.25) is 5.91 Å². The van der Waals surface area contributed by atoms with Crippen LogP contribution in [0.3, 0.4) is 0 Å². The molecule has 0 aliphatic heterocycles. The van der Waals surface area contributed by atoms with E-state index in [-0.39, 0.29) is 23.7 Å². The number of anilines is 1. The summed E-state index contributed by atoms with van der Waals surface area (Å²) in [4.78, 5) is 29.0. The predicted octanol–water partition coefficient (Wildman–Crippen LogP) is 3.87. The SMILES string of the molecule is NC(=O)c1ccccc1NC(=O)CCc1csc2nc(-c3ccccc3F)cn12. The summed E-state index contributed by atoms with van der Waals surface area (Å²) < 4.78 is 15.9. The quantitative estimate of drug-likeness (QED) is 0.507. The highest BCUT2D eigenvalue weighted by Crippen LogP contribution is 2.26. The average Bonchev–Trinajstić information content (AvgIpc) is 3.28. The Balaban J connectivity index is 1.48. The molecule has 2 amide bonds. The highest BCUT2D eigenvalue weighted by Gasteiger charge is 2.14. The number of thiazole rings is 1. The van der Waals surface area contributed by atoms with Crippen molar-refractivity contribution in [1.29, 1.82) is 0 Å². The number of aryl methyl sites for hydroxylation is 1. The van der Waals surface area contributed by atoms with Gasteiger partial charge in [0, 0.05) is 29.3 Å². The summed E-state index contributed by atoms with van der Waals surface area (Å²) in [5.41, 5.74) is 7.89. The average molecular weight is 408 g/mol. The second-order valence-electron chi connectivity index (χ2n) is 6.44. The molecule has 4 rings (SSSR count). The minimum absolute atomic E-state index is 0.214. The predicted molar refractivity (Wildman–Crippen MR) is 110 cm³/mol. The summed E-state index contributed by atoms with van der Waals surface area (Å²) in [5.74, 6) is -1.15. The molecular weight excluding hydrogens is 391 g/mol. The van der Waals surface area contributed by atoms with Crippen LogP contribution in [-0.4, -0.2) is 21.2 Å². The Labute approximate surface area is 169 Å². The number of nitrogens with one attached hydrogen (secondary N) is 1. The number of nitrogens with zero attached hydrogens (tertiary/aromatic N) is 2. The number of carbonyl (C=O) groups excluding carboxylic acids is 2. The van der Waals surface area contributed by atoms with Crippen LogP contribution in [0.4, 0.5) is 10.1 Å². The number of nitrogens with two attached hydrogens (primary N) is 1. The van der Waals surface area contributed by atoms with E-state index in [4.69, 9.17) is 5.73 Å². The van der Waals surface area contributed by atoms with Crippen molar-refractivity contribution in [3.05, 3.63) is 77.2 Å². The first kappa shape index (κ1) is 18.8. The number of primary amides is 1. The van der Waals surface area contributed by atoms with Gasteiger partial charge in [0.15, 0.2) is 4.96 Å². The van der Waals surface area contributed by atoms with E-state index in [1.165, 1.54) is 17.4 Å². The van der Waals surface area contributed by atoms with E-state index in [0.29, 0.717) is 23.4 Å². The van der Waals surface area contributed by atoms with Crippen LogP contribution in [0.5, 0.6) is 0 Å². The Morgan fingerprint density at radius 1 is 1.14 bits per heavy atom. The van der Waals surface area contributed by atoms with Crippen molar-refractivity contribution in [2.45, 2.75) is 12.8 Å². The second kappa shape index (κ2) is 7.84. The molecule has 29 heavy (non-hydrogen) atoms. The second-order valence-corrected chi connectivity index (χ2v) is 7.28. The molecule has 0 radical (unpaired) electrons. The van der Waals surface area contributed by atoms with Crippen LogP contribution in [-0.2, 0) is 11.2 Å². The summed E-state index contributed by atoms with van der Waals surface area (Å²) in [5, 5.41) is 4.66. The third kappa shape index (κ3) is 3.88. The molecule has 2 aromatic heterocycles. The molecule has 0 saturated heterocycles. The van der Waals surface area contributed by atoms with Crippen molar-refractivity contribution in [3.8, 4) is 11.3 Å². The van der Waals surface area contributed by atoms with E-state index in [0.717, 1.165) is 10.7 Å². The third-order valence-corrected chi connectivity index (χ3v) is 5.40. The molecule has 0 aliphatic carbocycles. The summed E-state index contributed by atoms with van der Waals surface area (Å²) >= 11 is 1.43. The van der Waals surface area contributed by atoms with Crippen LogP contribution in [0.15, 0.2) is 60.1 Å². The molecule has 146 valence electrons. The lowest BCUT2D eigenvalue weighted by Crippen LogP contribution is -2.18. The fourth-order valence-electron chi connectivity index (χ4n) is 3.07. The van der Waals surface area contributed by atoms with E-state index in [9.17, 15) is 14.0 Å². The normalized spacial score (nSPS) is 10.9. The Morgan fingerprint density at radius 3 is 2.69 bits per heavy atom. The molecular formula is C21H17FN4O2S. The molecule has 0 atom stereocenters. The number of hydrogen-bond donors (Lipinski definition) is 2. The van der Waals surface area contributed by atoms with Crippen molar-refractivity contribution in [1.82, 2.24) is 9.38 Å². The lowest BCUT2D eigenvalue weighted by atomic mass is 10.1. The topological polar surface area (TPSA) is 89.5 Å². The lowest BCUT2D eigenvalue weighted by molar-refractivity contribution is -0.116. The molecule has 2 aromatic carbocycles. The van der Waals surface area contributed by atoms with E-state index < -0.39 is 5.91 Å². The van der Waals surface area contributed by atoms with Gasteiger partial charge >= 0.3 is 0 Å². The number of benzene rings is 2. The molecule has 0 aliphatic rings. The molecule has 0 spiro atoms. The maximum atomic E-state index is 14.0. The van der Waals surface area contributed by atoms with Gasteiger partial charge in [-0.2, -0.15) is 0 Å². The molecule has 6 nitrogen and oxygen atoms in total. The van der Waals surface area contributed by atoms with Crippen LogP contribution in [0.2, 0.25) is 0 Å². The summed E-state index contributed by atoms with van der Waals surface area (Å²) in [6.07, 6.45) is 2.46. The zero-order valence-corrected chi connectivity index (χ0v) is 16.1. The fraction of sp³-hybridized carbons (Fsp3) is 0.0952. The standard InChI is InChI=1S/C21H17FN4O2S/c22-16-7-3-1-5-14(16)18-11-26-13(12-29-21(26)25-18)9-10-19(27)24-17-8-4-2-6-15(17)20(23)28/h1-8,11-12H,9-10H2,(H2,23,28)(H,24,27). The zero-order valence-electron chi connectivity index (χ0n) is 15.3. The minimum Gasteiger partial charge on any atom is -0.366 e. The molecule has 3 N–H and O–H groups in total. The van der Waals surface area contributed by atoms with Gasteiger partial charge in [-0.05, 0) is 30.7 Å². The van der Waals surface area contributed by atoms with E-state index >= 15 is 0 Å². The number of imidazole rings is 1. The summed E-state index contributed by atoms with van der Waals surface area (Å²) in [6.45, 7) is 0. The summed E-state index contributed by atoms with van der Waals surface area (Å²) in [7, 11) is 0. The van der Waals surface area contributed by atoms with Crippen molar-refractivity contribution in [3.63, 3.8) is 0 Å². The monoisotopic (exact) mass is 408 g/mol. The molecule has 8 heteroatoms. The lowest BCUT2D eigenvalue weighted by Gasteiger charge is -2.08. The third-order valence-electron chi connectivity index (χ3n) is 4.51. The number of halogens is 1. The highest BCUT2D eigenvalue weighted by atomic mass is 32.1. The van der Waals surface area contributed by atoms with E-state index in [1.807, 2.05) is 9.78 Å². The highest BCUT2D eigenvalue weighted by molar-refractivity contribution is 7.15. The van der Waals surface area contributed by atoms with E-state index in [2.05, 4.69) is 10.3 Å². The number of fused-ring (bicyclic) bond motifs is 1. The number of amides is 2. The molecule has 0 saturated carbocycles. The van der Waals surface area contributed by atoms with Gasteiger partial charge < -0.3 is 11.1 Å². The van der Waals surface area contributed by atoms with Crippen LogP contribution < -0.4 is 11.1 Å². The van der Waals surface area contributed by atoms with E-state index in [1.54, 1.807) is 48.7 Å². The van der Waals surface area contributed by atoms with Gasteiger partial charge in [-0.3, -0.25) is 14.0 Å². The Bertz CT molecular complexity index is 1210. The van der Waals surface area contributed by atoms with Gasteiger partial charge in [-0.15, -0.1) is 11.3 Å². The van der Waals surface area contributed by atoms with Gasteiger partial charge in [0.1, 0.15) is 5.82 Å². The van der Waals surface area contributed by atoms with Crippen molar-refractivity contribution in [2.24, 2.45) is 5.73 Å². The molecule has 0 fully saturated rings. The largest absolute Gasteiger partial charge is 0.366 e. The van der Waals surface area contributed by atoms with Crippen LogP contribution in [0.1, 0.15) is 22.5 Å². The van der Waals surface area contributed by atoms with Crippen molar-refractivity contribution < 1.29 is 14.0 Å². The minimum atomic E-state index is -0.598. The maximum Gasteiger partial charge on any atom is 0.250 e. The van der Waals surface area contributed by atoms with Crippen molar-refractivity contribution in [2.75, 3.05) is 5.32 Å². The Kier molecular flexibility index (Phi) is 5.09. The van der Waals surface area contributed by atoms with Crippen LogP contribution in [0.25, 0.3) is 16.2 Å². The zero-order chi connectivity index (χ0) is 20.4. The smallest absolute Gasteiger partial charge is 0.250 e. The molecule has 4 aromatic rings. The van der Waals surface area contributed by atoms with Gasteiger partial charge in [-0.1, -0.05) is 24.3 Å². The van der Waals surface area contributed by atoms with Gasteiger partial charge in [-0.25, -0.2) is 9.37 Å². The Morgan fingerprint density at radius 2 is 1.90 bits per heavy atom. The number of para-hydroxylation sites is 1. The first-order chi connectivity index (χ1) is 14.0. The van der Waals surface area contributed by atoms with Crippen LogP contribution in [0, 0.1) is 5.82 Å². The number of hydrogen-bond acceptors (Lipinski definition) is 4. The first-order valence-corrected chi connectivity index (χ1v) is 9.80. The Hall–Kier alpha value is -3.52. The molecule has 2 heterocycles. The number of rotatable bonds is 6. The van der Waals surface area contributed by atoms with Crippen molar-refractivity contribution >= 4 is 33.8 Å². The maximum absolute atomic E-state index is 14.0. The molecule has 0 bridgehead atoms. The van der Waals surface area contributed by atoms with Gasteiger partial charge in [0.25, 0.3) is 5.91 Å². The van der Waals surface area contributed by atoms with Crippen LogP contribution >= 0.6 is 11.3 Å². The van der Waals surface area contributed by atoms with Gasteiger partial charge in [0.05, 0.1) is 16.9 Å².